The van der Waals surface area contributed by atoms with Crippen LogP contribution >= 0.6 is 0 Å². The van der Waals surface area contributed by atoms with Crippen molar-refractivity contribution in [3.05, 3.63) is 0 Å². The van der Waals surface area contributed by atoms with E-state index in [0.29, 0.717) is 6.04 Å². The van der Waals surface area contributed by atoms with E-state index in [2.05, 4.69) is 5.32 Å². The van der Waals surface area contributed by atoms with Gasteiger partial charge < -0.3 is 15.1 Å². The maximum atomic E-state index is 11.7. The van der Waals surface area contributed by atoms with E-state index in [4.69, 9.17) is 0 Å². The predicted molar refractivity (Wildman–Crippen MR) is 50.6 cm³/mol. The highest BCUT2D eigenvalue weighted by atomic mass is 16.2. The highest BCUT2D eigenvalue weighted by Gasteiger charge is 2.30. The first kappa shape index (κ1) is 8.81. The Hall–Kier alpha value is -0.770. The monoisotopic (exact) mass is 183 g/mol. The second kappa shape index (κ2) is 3.54. The van der Waals surface area contributed by atoms with Gasteiger partial charge in [0.15, 0.2) is 0 Å². The van der Waals surface area contributed by atoms with Crippen LogP contribution in [0.3, 0.4) is 0 Å². The van der Waals surface area contributed by atoms with Gasteiger partial charge in [-0.25, -0.2) is 4.79 Å². The van der Waals surface area contributed by atoms with E-state index in [1.54, 1.807) is 0 Å². The summed E-state index contributed by atoms with van der Waals surface area (Å²) in [5.41, 5.74) is 0. The van der Waals surface area contributed by atoms with Crippen LogP contribution in [0.15, 0.2) is 0 Å². The molecule has 4 heteroatoms. The lowest BCUT2D eigenvalue weighted by atomic mass is 10.2. The van der Waals surface area contributed by atoms with Gasteiger partial charge in [-0.3, -0.25) is 0 Å². The summed E-state index contributed by atoms with van der Waals surface area (Å²) in [5.74, 6) is 0. The first-order chi connectivity index (χ1) is 6.29. The number of hydrogen-bond donors (Lipinski definition) is 1. The third-order valence-electron chi connectivity index (χ3n) is 2.94. The third kappa shape index (κ3) is 1.63. The molecule has 0 aromatic heterocycles. The normalized spacial score (nSPS) is 29.9. The summed E-state index contributed by atoms with van der Waals surface area (Å²) in [6.07, 6.45) is 2.22. The number of hydrogen-bond acceptors (Lipinski definition) is 2. The average molecular weight is 183 g/mol. The van der Waals surface area contributed by atoms with Crippen molar-refractivity contribution in [2.45, 2.75) is 18.9 Å². The smallest absolute Gasteiger partial charge is 0.320 e. The molecule has 0 saturated carbocycles. The standard InChI is InChI=1S/C9H17N3O/c1-11-5-2-6-12(9(11)13)8-3-4-10-7-8/h8,10H,2-7H2,1H3. The Bertz CT molecular complexity index is 201. The van der Waals surface area contributed by atoms with Crippen molar-refractivity contribution in [1.82, 2.24) is 15.1 Å². The molecule has 0 aromatic rings. The molecule has 0 aliphatic carbocycles. The van der Waals surface area contributed by atoms with Crippen LogP contribution in [0.5, 0.6) is 0 Å². The fourth-order valence-electron chi connectivity index (χ4n) is 2.13. The zero-order valence-electron chi connectivity index (χ0n) is 8.12. The molecule has 2 rings (SSSR count). The van der Waals surface area contributed by atoms with E-state index in [1.165, 1.54) is 0 Å². The van der Waals surface area contributed by atoms with Crippen LogP contribution in [0.2, 0.25) is 0 Å². The molecule has 1 atom stereocenters. The van der Waals surface area contributed by atoms with E-state index >= 15 is 0 Å². The lowest BCUT2D eigenvalue weighted by Gasteiger charge is -2.36. The molecule has 2 fully saturated rings. The van der Waals surface area contributed by atoms with Gasteiger partial charge in [0.05, 0.1) is 0 Å². The Labute approximate surface area is 78.9 Å². The molecule has 1 N–H and O–H groups in total. The van der Waals surface area contributed by atoms with Crippen LogP contribution in [0, 0.1) is 0 Å². The summed E-state index contributed by atoms with van der Waals surface area (Å²) in [7, 11) is 1.89. The van der Waals surface area contributed by atoms with E-state index in [0.717, 1.165) is 39.0 Å². The Morgan fingerprint density at radius 1 is 1.46 bits per heavy atom. The number of amides is 2. The average Bonchev–Trinajstić information content (AvgIpc) is 2.62. The highest BCUT2D eigenvalue weighted by Crippen LogP contribution is 2.15. The van der Waals surface area contributed by atoms with Crippen LogP contribution < -0.4 is 5.32 Å². The van der Waals surface area contributed by atoms with E-state index in [9.17, 15) is 4.79 Å². The topological polar surface area (TPSA) is 35.6 Å². The molecule has 1 unspecified atom stereocenters. The molecule has 0 spiro atoms. The van der Waals surface area contributed by atoms with Crippen molar-refractivity contribution in [2.75, 3.05) is 33.2 Å². The van der Waals surface area contributed by atoms with Crippen LogP contribution in [0.1, 0.15) is 12.8 Å². The first-order valence-electron chi connectivity index (χ1n) is 5.01. The predicted octanol–water partition coefficient (Wildman–Crippen LogP) is 0.106. The highest BCUT2D eigenvalue weighted by molar-refractivity contribution is 5.75. The van der Waals surface area contributed by atoms with Gasteiger partial charge in [0.25, 0.3) is 0 Å². The minimum absolute atomic E-state index is 0.208. The van der Waals surface area contributed by atoms with Crippen LogP contribution in [-0.2, 0) is 0 Å². The summed E-state index contributed by atoms with van der Waals surface area (Å²) < 4.78 is 0. The molecule has 13 heavy (non-hydrogen) atoms. The summed E-state index contributed by atoms with van der Waals surface area (Å²) in [6, 6.07) is 0.648. The quantitative estimate of drug-likeness (QED) is 0.626. The van der Waals surface area contributed by atoms with Crippen molar-refractivity contribution >= 4 is 6.03 Å². The fourth-order valence-corrected chi connectivity index (χ4v) is 2.13. The fraction of sp³-hybridized carbons (Fsp3) is 0.889. The van der Waals surface area contributed by atoms with Crippen LogP contribution in [0.25, 0.3) is 0 Å². The molecular formula is C9H17N3O. The van der Waals surface area contributed by atoms with Gasteiger partial charge in [-0.2, -0.15) is 0 Å². The molecule has 4 nitrogen and oxygen atoms in total. The third-order valence-corrected chi connectivity index (χ3v) is 2.94. The van der Waals surface area contributed by atoms with Gasteiger partial charge in [-0.15, -0.1) is 0 Å². The molecule has 0 bridgehead atoms. The first-order valence-corrected chi connectivity index (χ1v) is 5.01. The van der Waals surface area contributed by atoms with E-state index < -0.39 is 0 Å². The Kier molecular flexibility index (Phi) is 2.40. The van der Waals surface area contributed by atoms with Crippen LogP contribution in [-0.4, -0.2) is 55.1 Å². The SMILES string of the molecule is CN1CCCN(C2CCNC2)C1=O. The summed E-state index contributed by atoms with van der Waals surface area (Å²) >= 11 is 0. The molecule has 74 valence electrons. The summed E-state index contributed by atoms with van der Waals surface area (Å²) in [6.45, 7) is 3.88. The number of rotatable bonds is 1. The maximum absolute atomic E-state index is 11.7. The van der Waals surface area contributed by atoms with Crippen molar-refractivity contribution in [3.63, 3.8) is 0 Å². The molecule has 2 aliphatic heterocycles. The van der Waals surface area contributed by atoms with Gasteiger partial charge in [-0.1, -0.05) is 0 Å². The van der Waals surface area contributed by atoms with Gasteiger partial charge in [-0.05, 0) is 19.4 Å². The number of nitrogens with one attached hydrogen (secondary N) is 1. The lowest BCUT2D eigenvalue weighted by molar-refractivity contribution is 0.122. The number of nitrogens with zero attached hydrogens (tertiary/aromatic N) is 2. The molecule has 0 aromatic carbocycles. The maximum Gasteiger partial charge on any atom is 0.320 e. The minimum atomic E-state index is 0.208. The van der Waals surface area contributed by atoms with Crippen molar-refractivity contribution in [1.29, 1.82) is 0 Å². The van der Waals surface area contributed by atoms with Gasteiger partial charge in [0, 0.05) is 32.7 Å². The summed E-state index contributed by atoms with van der Waals surface area (Å²) in [5, 5.41) is 3.29. The van der Waals surface area contributed by atoms with Gasteiger partial charge in [0.2, 0.25) is 0 Å². The number of carbonyl (C=O) groups is 1. The zero-order chi connectivity index (χ0) is 9.26. The van der Waals surface area contributed by atoms with E-state index in [-0.39, 0.29) is 6.03 Å². The van der Waals surface area contributed by atoms with Crippen LogP contribution in [0.4, 0.5) is 4.79 Å². The van der Waals surface area contributed by atoms with Gasteiger partial charge >= 0.3 is 6.03 Å². The van der Waals surface area contributed by atoms with Gasteiger partial charge in [0.1, 0.15) is 0 Å². The Morgan fingerprint density at radius 2 is 2.31 bits per heavy atom. The molecule has 2 heterocycles. The minimum Gasteiger partial charge on any atom is -0.328 e. The molecule has 2 aliphatic rings. The van der Waals surface area contributed by atoms with E-state index in [1.807, 2.05) is 16.8 Å². The zero-order valence-corrected chi connectivity index (χ0v) is 8.12. The molecule has 0 radical (unpaired) electrons. The lowest BCUT2D eigenvalue weighted by Crippen LogP contribution is -2.52. The molecule has 2 amide bonds. The largest absolute Gasteiger partial charge is 0.328 e. The van der Waals surface area contributed by atoms with Crippen molar-refractivity contribution < 1.29 is 4.79 Å². The Balaban J connectivity index is 2.00. The number of carbonyl (C=O) groups excluding carboxylic acids is 1. The second-order valence-corrected chi connectivity index (χ2v) is 3.90. The Morgan fingerprint density at radius 3 is 3.00 bits per heavy atom. The second-order valence-electron chi connectivity index (χ2n) is 3.90. The van der Waals surface area contributed by atoms with Crippen molar-refractivity contribution in [2.24, 2.45) is 0 Å². The number of urea groups is 1. The summed E-state index contributed by atoms with van der Waals surface area (Å²) in [4.78, 5) is 15.6. The van der Waals surface area contributed by atoms with Crippen molar-refractivity contribution in [3.8, 4) is 0 Å². The molecule has 2 saturated heterocycles. The molecular weight excluding hydrogens is 166 g/mol.